The third kappa shape index (κ3) is 4.22. The van der Waals surface area contributed by atoms with E-state index in [2.05, 4.69) is 5.32 Å². The van der Waals surface area contributed by atoms with Gasteiger partial charge in [-0.15, -0.1) is 0 Å². The quantitative estimate of drug-likeness (QED) is 0.899. The van der Waals surface area contributed by atoms with Crippen LogP contribution in [0.2, 0.25) is 5.02 Å². The fraction of sp³-hybridized carbons (Fsp3) is 0.533. The fourth-order valence-corrected chi connectivity index (χ4v) is 2.73. The maximum Gasteiger partial charge on any atom is 0.227 e. The lowest BCUT2D eigenvalue weighted by Crippen LogP contribution is -2.41. The zero-order chi connectivity index (χ0) is 13.7. The maximum absolute atomic E-state index is 12.3. The Labute approximate surface area is 119 Å². The number of benzene rings is 1. The summed E-state index contributed by atoms with van der Waals surface area (Å²) in [6, 6.07) is 7.99. The standard InChI is InChI=1S/C15H21ClN2O/c1-2-18(11-14-7-4-8-17-14)15(19)10-12-5-3-6-13(16)9-12/h3,5-6,9,14,17H,2,4,7-8,10-11H2,1H3. The predicted molar refractivity (Wildman–Crippen MR) is 78.4 cm³/mol. The highest BCUT2D eigenvalue weighted by atomic mass is 35.5. The lowest BCUT2D eigenvalue weighted by molar-refractivity contribution is -0.130. The van der Waals surface area contributed by atoms with Gasteiger partial charge in [0, 0.05) is 24.2 Å². The number of carbonyl (C=O) groups excluding carboxylic acids is 1. The summed E-state index contributed by atoms with van der Waals surface area (Å²) in [5.74, 6) is 0.179. The van der Waals surface area contributed by atoms with Gasteiger partial charge in [-0.1, -0.05) is 23.7 Å². The lowest BCUT2D eigenvalue weighted by atomic mass is 10.1. The summed E-state index contributed by atoms with van der Waals surface area (Å²) in [6.07, 6.45) is 2.81. The third-order valence-corrected chi connectivity index (χ3v) is 3.82. The molecule has 0 aromatic heterocycles. The van der Waals surface area contributed by atoms with Gasteiger partial charge in [-0.25, -0.2) is 0 Å². The summed E-state index contributed by atoms with van der Waals surface area (Å²) in [7, 11) is 0. The Morgan fingerprint density at radius 3 is 3.00 bits per heavy atom. The zero-order valence-corrected chi connectivity index (χ0v) is 12.1. The molecule has 1 aliphatic heterocycles. The fourth-order valence-electron chi connectivity index (χ4n) is 2.52. The molecule has 3 nitrogen and oxygen atoms in total. The van der Waals surface area contributed by atoms with Gasteiger partial charge in [-0.3, -0.25) is 4.79 Å². The van der Waals surface area contributed by atoms with E-state index in [1.165, 1.54) is 12.8 Å². The lowest BCUT2D eigenvalue weighted by Gasteiger charge is -2.24. The Bertz CT molecular complexity index is 430. The van der Waals surface area contributed by atoms with Crippen LogP contribution in [0.25, 0.3) is 0 Å². The molecule has 1 atom stereocenters. The van der Waals surface area contributed by atoms with E-state index in [-0.39, 0.29) is 5.91 Å². The van der Waals surface area contributed by atoms with Crippen LogP contribution in [0.1, 0.15) is 25.3 Å². The molecule has 0 radical (unpaired) electrons. The molecular formula is C15H21ClN2O. The first-order valence-corrected chi connectivity index (χ1v) is 7.32. The molecule has 0 bridgehead atoms. The van der Waals surface area contributed by atoms with E-state index >= 15 is 0 Å². The summed E-state index contributed by atoms with van der Waals surface area (Å²) in [4.78, 5) is 14.2. The first kappa shape index (κ1) is 14.4. The molecule has 4 heteroatoms. The van der Waals surface area contributed by atoms with Crippen LogP contribution >= 0.6 is 11.6 Å². The molecule has 104 valence electrons. The van der Waals surface area contributed by atoms with E-state index in [0.29, 0.717) is 17.5 Å². The summed E-state index contributed by atoms with van der Waals surface area (Å²) in [5, 5.41) is 4.12. The molecule has 1 aromatic carbocycles. The number of amides is 1. The normalized spacial score (nSPS) is 18.5. The smallest absolute Gasteiger partial charge is 0.227 e. The monoisotopic (exact) mass is 280 g/mol. The van der Waals surface area contributed by atoms with Crippen molar-refractivity contribution >= 4 is 17.5 Å². The SMILES string of the molecule is CCN(CC1CCCN1)C(=O)Cc1cccc(Cl)c1. The average Bonchev–Trinajstić information content (AvgIpc) is 2.88. The molecule has 1 aliphatic rings. The van der Waals surface area contributed by atoms with Gasteiger partial charge < -0.3 is 10.2 Å². The molecule has 1 aromatic rings. The van der Waals surface area contributed by atoms with E-state index in [1.54, 1.807) is 0 Å². The van der Waals surface area contributed by atoms with E-state index < -0.39 is 0 Å². The van der Waals surface area contributed by atoms with Crippen LogP contribution in [-0.4, -0.2) is 36.5 Å². The van der Waals surface area contributed by atoms with Gasteiger partial charge in [0.15, 0.2) is 0 Å². The van der Waals surface area contributed by atoms with Crippen molar-refractivity contribution in [3.8, 4) is 0 Å². The van der Waals surface area contributed by atoms with E-state index in [1.807, 2.05) is 36.1 Å². The van der Waals surface area contributed by atoms with Crippen LogP contribution in [0, 0.1) is 0 Å². The van der Waals surface area contributed by atoms with Gasteiger partial charge in [0.25, 0.3) is 0 Å². The second-order valence-electron chi connectivity index (χ2n) is 5.03. The van der Waals surface area contributed by atoms with Crippen molar-refractivity contribution in [3.63, 3.8) is 0 Å². The number of carbonyl (C=O) groups is 1. The third-order valence-electron chi connectivity index (χ3n) is 3.58. The van der Waals surface area contributed by atoms with Gasteiger partial charge in [0.05, 0.1) is 6.42 Å². The van der Waals surface area contributed by atoms with Crippen LogP contribution < -0.4 is 5.32 Å². The van der Waals surface area contributed by atoms with Crippen LogP contribution in [-0.2, 0) is 11.2 Å². The highest BCUT2D eigenvalue weighted by Crippen LogP contribution is 2.13. The van der Waals surface area contributed by atoms with Crippen LogP contribution in [0.5, 0.6) is 0 Å². The topological polar surface area (TPSA) is 32.3 Å². The molecule has 2 rings (SSSR count). The summed E-state index contributed by atoms with van der Waals surface area (Å²) in [5.41, 5.74) is 0.982. The number of hydrogen-bond acceptors (Lipinski definition) is 2. The van der Waals surface area contributed by atoms with Crippen molar-refractivity contribution in [1.82, 2.24) is 10.2 Å². The number of hydrogen-bond donors (Lipinski definition) is 1. The minimum atomic E-state index is 0.179. The van der Waals surface area contributed by atoms with Gasteiger partial charge in [0.2, 0.25) is 5.91 Å². The minimum Gasteiger partial charge on any atom is -0.341 e. The molecule has 0 aliphatic carbocycles. The molecule has 1 heterocycles. The summed E-state index contributed by atoms with van der Waals surface area (Å²) < 4.78 is 0. The summed E-state index contributed by atoms with van der Waals surface area (Å²) >= 11 is 5.94. The van der Waals surface area contributed by atoms with Gasteiger partial charge in [0.1, 0.15) is 0 Å². The van der Waals surface area contributed by atoms with Crippen molar-refractivity contribution < 1.29 is 4.79 Å². The molecule has 1 saturated heterocycles. The Kier molecular flexibility index (Phi) is 5.23. The van der Waals surface area contributed by atoms with Crippen LogP contribution in [0.4, 0.5) is 0 Å². The first-order chi connectivity index (χ1) is 9.19. The van der Waals surface area contributed by atoms with Gasteiger partial charge in [-0.05, 0) is 44.0 Å². The molecule has 1 unspecified atom stereocenters. The molecule has 1 fully saturated rings. The van der Waals surface area contributed by atoms with Crippen molar-refractivity contribution in [1.29, 1.82) is 0 Å². The molecule has 0 spiro atoms. The highest BCUT2D eigenvalue weighted by Gasteiger charge is 2.20. The van der Waals surface area contributed by atoms with Crippen molar-refractivity contribution in [2.24, 2.45) is 0 Å². The van der Waals surface area contributed by atoms with E-state index in [9.17, 15) is 4.79 Å². The average molecular weight is 281 g/mol. The first-order valence-electron chi connectivity index (χ1n) is 6.94. The number of nitrogens with zero attached hydrogens (tertiary/aromatic N) is 1. The van der Waals surface area contributed by atoms with Crippen LogP contribution in [0.3, 0.4) is 0 Å². The highest BCUT2D eigenvalue weighted by molar-refractivity contribution is 6.30. The largest absolute Gasteiger partial charge is 0.341 e. The van der Waals surface area contributed by atoms with Crippen LogP contribution in [0.15, 0.2) is 24.3 Å². The van der Waals surface area contributed by atoms with E-state index in [0.717, 1.165) is 25.2 Å². The second kappa shape index (κ2) is 6.92. The Balaban J connectivity index is 1.92. The molecule has 1 N–H and O–H groups in total. The Morgan fingerprint density at radius 1 is 1.53 bits per heavy atom. The number of halogens is 1. The van der Waals surface area contributed by atoms with Crippen molar-refractivity contribution in [2.75, 3.05) is 19.6 Å². The second-order valence-corrected chi connectivity index (χ2v) is 5.47. The number of nitrogens with one attached hydrogen (secondary N) is 1. The Morgan fingerprint density at radius 2 is 2.37 bits per heavy atom. The van der Waals surface area contributed by atoms with E-state index in [4.69, 9.17) is 11.6 Å². The maximum atomic E-state index is 12.3. The van der Waals surface area contributed by atoms with Gasteiger partial charge >= 0.3 is 0 Å². The molecule has 1 amide bonds. The van der Waals surface area contributed by atoms with Crippen molar-refractivity contribution in [3.05, 3.63) is 34.9 Å². The van der Waals surface area contributed by atoms with Gasteiger partial charge in [-0.2, -0.15) is 0 Å². The number of rotatable bonds is 5. The molecule has 0 saturated carbocycles. The molecule has 19 heavy (non-hydrogen) atoms. The zero-order valence-electron chi connectivity index (χ0n) is 11.4. The predicted octanol–water partition coefficient (Wildman–Crippen LogP) is 2.48. The Hall–Kier alpha value is -1.06. The summed E-state index contributed by atoms with van der Waals surface area (Å²) in [6.45, 7) is 4.68. The molecular weight excluding hydrogens is 260 g/mol. The number of likely N-dealkylation sites (N-methyl/N-ethyl adjacent to an activating group) is 1. The van der Waals surface area contributed by atoms with Crippen molar-refractivity contribution in [2.45, 2.75) is 32.2 Å². The minimum absolute atomic E-state index is 0.179.